The van der Waals surface area contributed by atoms with Gasteiger partial charge in [0.25, 0.3) is 0 Å². The molecule has 0 heterocycles. The van der Waals surface area contributed by atoms with Gasteiger partial charge in [-0.1, -0.05) is 27.7 Å². The van der Waals surface area contributed by atoms with E-state index < -0.39 is 0 Å². The third kappa shape index (κ3) is 5.80. The van der Waals surface area contributed by atoms with Crippen LogP contribution in [0.4, 0.5) is 0 Å². The molecule has 1 saturated carbocycles. The number of rotatable bonds is 11. The summed E-state index contributed by atoms with van der Waals surface area (Å²) in [6.45, 7) is 13.6. The lowest BCUT2D eigenvalue weighted by Crippen LogP contribution is -2.45. The fourth-order valence-electron chi connectivity index (χ4n) is 2.80. The number of aliphatic hydroxyl groups is 1. The van der Waals surface area contributed by atoms with E-state index in [1.54, 1.807) is 0 Å². The third-order valence-electron chi connectivity index (χ3n) is 4.54. The quantitative estimate of drug-likeness (QED) is 0.605. The van der Waals surface area contributed by atoms with E-state index in [9.17, 15) is 5.11 Å². The van der Waals surface area contributed by atoms with Crippen molar-refractivity contribution in [3.05, 3.63) is 0 Å². The van der Waals surface area contributed by atoms with Crippen LogP contribution in [0.25, 0.3) is 0 Å². The van der Waals surface area contributed by atoms with Crippen molar-refractivity contribution in [3.63, 3.8) is 0 Å². The van der Waals surface area contributed by atoms with Gasteiger partial charge in [0.1, 0.15) is 0 Å². The highest BCUT2D eigenvalue weighted by Crippen LogP contribution is 2.33. The molecule has 1 aliphatic carbocycles. The fourth-order valence-corrected chi connectivity index (χ4v) is 2.80. The lowest BCUT2D eigenvalue weighted by Gasteiger charge is -2.38. The minimum Gasteiger partial charge on any atom is -0.395 e. The molecule has 0 radical (unpaired) electrons. The Morgan fingerprint density at radius 2 is 1.89 bits per heavy atom. The second-order valence-corrected chi connectivity index (χ2v) is 6.66. The summed E-state index contributed by atoms with van der Waals surface area (Å²) < 4.78 is 0. The zero-order chi connectivity index (χ0) is 14.3. The van der Waals surface area contributed by atoms with Crippen molar-refractivity contribution in [2.24, 2.45) is 11.3 Å². The van der Waals surface area contributed by atoms with Crippen LogP contribution in [0.5, 0.6) is 0 Å². The highest BCUT2D eigenvalue weighted by molar-refractivity contribution is 4.90. The molecule has 0 amide bonds. The van der Waals surface area contributed by atoms with Gasteiger partial charge in [-0.3, -0.25) is 4.90 Å². The van der Waals surface area contributed by atoms with Crippen molar-refractivity contribution in [1.29, 1.82) is 0 Å². The maximum absolute atomic E-state index is 9.25. The summed E-state index contributed by atoms with van der Waals surface area (Å²) in [5.74, 6) is 0.711. The molecule has 3 heteroatoms. The number of hydrogen-bond donors (Lipinski definition) is 2. The van der Waals surface area contributed by atoms with Gasteiger partial charge in [0.2, 0.25) is 0 Å². The van der Waals surface area contributed by atoms with E-state index in [2.05, 4.69) is 37.9 Å². The van der Waals surface area contributed by atoms with E-state index in [1.165, 1.54) is 25.7 Å². The summed E-state index contributed by atoms with van der Waals surface area (Å²) >= 11 is 0. The standard InChI is InChI=1S/C16H34N2O/c1-5-16(6-2,12-17-11-14(3)4)13-18(9-10-19)15-7-8-15/h14-15,17,19H,5-13H2,1-4H3. The topological polar surface area (TPSA) is 35.5 Å². The Bertz CT molecular complexity index is 235. The van der Waals surface area contributed by atoms with E-state index in [0.717, 1.165) is 32.2 Å². The molecule has 0 spiro atoms. The van der Waals surface area contributed by atoms with Gasteiger partial charge in [0.15, 0.2) is 0 Å². The molecule has 0 aromatic heterocycles. The first-order valence-corrected chi connectivity index (χ1v) is 8.12. The summed E-state index contributed by atoms with van der Waals surface area (Å²) in [4.78, 5) is 2.52. The number of nitrogens with zero attached hydrogens (tertiary/aromatic N) is 1. The van der Waals surface area contributed by atoms with Crippen LogP contribution in [0.3, 0.4) is 0 Å². The molecule has 0 aliphatic heterocycles. The van der Waals surface area contributed by atoms with E-state index in [1.807, 2.05) is 0 Å². The first kappa shape index (κ1) is 16.9. The predicted molar refractivity (Wildman–Crippen MR) is 82.4 cm³/mol. The highest BCUT2D eigenvalue weighted by Gasteiger charge is 2.35. The van der Waals surface area contributed by atoms with Crippen LogP contribution in [0.1, 0.15) is 53.4 Å². The summed E-state index contributed by atoms with van der Waals surface area (Å²) in [5, 5.41) is 12.9. The molecule has 0 atom stereocenters. The SMILES string of the molecule is CCC(CC)(CNCC(C)C)CN(CCO)C1CC1. The van der Waals surface area contributed by atoms with Gasteiger partial charge in [-0.15, -0.1) is 0 Å². The van der Waals surface area contributed by atoms with Gasteiger partial charge in [-0.05, 0) is 43.6 Å². The molecule has 1 aliphatic rings. The summed E-state index contributed by atoms with van der Waals surface area (Å²) in [5.41, 5.74) is 0.368. The molecule has 114 valence electrons. The molecular formula is C16H34N2O. The molecule has 0 aromatic carbocycles. The molecule has 0 saturated heterocycles. The zero-order valence-electron chi connectivity index (χ0n) is 13.4. The molecule has 3 nitrogen and oxygen atoms in total. The van der Waals surface area contributed by atoms with Crippen molar-refractivity contribution in [3.8, 4) is 0 Å². The monoisotopic (exact) mass is 270 g/mol. The Hall–Kier alpha value is -0.120. The summed E-state index contributed by atoms with van der Waals surface area (Å²) in [6.07, 6.45) is 5.07. The van der Waals surface area contributed by atoms with Crippen LogP contribution in [-0.4, -0.2) is 48.8 Å². The largest absolute Gasteiger partial charge is 0.395 e. The molecule has 1 rings (SSSR count). The van der Waals surface area contributed by atoms with Gasteiger partial charge < -0.3 is 10.4 Å². The van der Waals surface area contributed by atoms with Gasteiger partial charge in [-0.2, -0.15) is 0 Å². The third-order valence-corrected chi connectivity index (χ3v) is 4.54. The molecule has 2 N–H and O–H groups in total. The Labute approximate surface area is 119 Å². The maximum Gasteiger partial charge on any atom is 0.0558 e. The van der Waals surface area contributed by atoms with Crippen LogP contribution >= 0.6 is 0 Å². The van der Waals surface area contributed by atoms with E-state index in [0.29, 0.717) is 17.9 Å². The first-order chi connectivity index (χ1) is 9.06. The first-order valence-electron chi connectivity index (χ1n) is 8.12. The summed E-state index contributed by atoms with van der Waals surface area (Å²) in [6, 6.07) is 0.745. The maximum atomic E-state index is 9.25. The minimum atomic E-state index is 0.291. The normalized spacial score (nSPS) is 16.6. The summed E-state index contributed by atoms with van der Waals surface area (Å²) in [7, 11) is 0. The Morgan fingerprint density at radius 1 is 1.26 bits per heavy atom. The van der Waals surface area contributed by atoms with Crippen LogP contribution in [0, 0.1) is 11.3 Å². The minimum absolute atomic E-state index is 0.291. The average molecular weight is 270 g/mol. The molecule has 0 unspecified atom stereocenters. The van der Waals surface area contributed by atoms with Gasteiger partial charge in [0.05, 0.1) is 6.61 Å². The molecule has 19 heavy (non-hydrogen) atoms. The van der Waals surface area contributed by atoms with Crippen molar-refractivity contribution in [2.75, 3.05) is 32.8 Å². The Kier molecular flexibility index (Phi) is 7.33. The number of hydrogen-bond acceptors (Lipinski definition) is 3. The Balaban J connectivity index is 2.52. The van der Waals surface area contributed by atoms with E-state index in [-0.39, 0.29) is 0 Å². The predicted octanol–water partition coefficient (Wildman–Crippen LogP) is 2.50. The van der Waals surface area contributed by atoms with Crippen molar-refractivity contribution >= 4 is 0 Å². The van der Waals surface area contributed by atoms with Crippen LogP contribution in [0.2, 0.25) is 0 Å². The van der Waals surface area contributed by atoms with Gasteiger partial charge in [0, 0.05) is 25.7 Å². The molecule has 0 aromatic rings. The molecule has 0 bridgehead atoms. The molecule has 1 fully saturated rings. The second kappa shape index (κ2) is 8.23. The smallest absolute Gasteiger partial charge is 0.0558 e. The Morgan fingerprint density at radius 3 is 2.32 bits per heavy atom. The van der Waals surface area contributed by atoms with E-state index in [4.69, 9.17) is 0 Å². The second-order valence-electron chi connectivity index (χ2n) is 6.66. The van der Waals surface area contributed by atoms with Crippen LogP contribution in [0.15, 0.2) is 0 Å². The fraction of sp³-hybridized carbons (Fsp3) is 1.00. The van der Waals surface area contributed by atoms with Gasteiger partial charge >= 0.3 is 0 Å². The van der Waals surface area contributed by atoms with Crippen molar-refractivity contribution in [1.82, 2.24) is 10.2 Å². The average Bonchev–Trinajstić information content (AvgIpc) is 3.20. The number of nitrogens with one attached hydrogen (secondary N) is 1. The molecular weight excluding hydrogens is 236 g/mol. The van der Waals surface area contributed by atoms with Crippen molar-refractivity contribution in [2.45, 2.75) is 59.4 Å². The van der Waals surface area contributed by atoms with Crippen LogP contribution < -0.4 is 5.32 Å². The van der Waals surface area contributed by atoms with Crippen LogP contribution in [-0.2, 0) is 0 Å². The van der Waals surface area contributed by atoms with Crippen molar-refractivity contribution < 1.29 is 5.11 Å². The highest BCUT2D eigenvalue weighted by atomic mass is 16.3. The zero-order valence-corrected chi connectivity index (χ0v) is 13.4. The van der Waals surface area contributed by atoms with Gasteiger partial charge in [-0.25, -0.2) is 0 Å². The number of aliphatic hydroxyl groups excluding tert-OH is 1. The lowest BCUT2D eigenvalue weighted by atomic mass is 9.81. The lowest BCUT2D eigenvalue weighted by molar-refractivity contribution is 0.107. The van der Waals surface area contributed by atoms with E-state index >= 15 is 0 Å².